The second-order valence-corrected chi connectivity index (χ2v) is 5.62. The Balaban J connectivity index is 1.84. The van der Waals surface area contributed by atoms with Gasteiger partial charge in [0.25, 0.3) is 5.89 Å². The Morgan fingerprint density at radius 2 is 1.93 bits per heavy atom. The number of fused-ring (bicyclic) bond motifs is 1. The largest absolute Gasteiger partial charge is 0.618 e. The maximum atomic E-state index is 11.9. The SMILES string of the molecule is O=[N+]([O-])c1cc(-c2nc(-c3cc[n+]([O-])c4ccccc34)no2)cc(O)c1O. The van der Waals surface area contributed by atoms with Crippen molar-refractivity contribution in [3.05, 3.63) is 64.0 Å². The normalized spacial score (nSPS) is 11.0. The average Bonchev–Trinajstić information content (AvgIpc) is 3.14. The van der Waals surface area contributed by atoms with E-state index in [0.717, 1.165) is 12.1 Å². The first kappa shape index (κ1) is 16.3. The van der Waals surface area contributed by atoms with E-state index < -0.39 is 22.1 Å². The number of nitro benzene ring substituents is 1. The van der Waals surface area contributed by atoms with Crippen LogP contribution in [-0.4, -0.2) is 25.3 Å². The molecule has 0 aliphatic heterocycles. The number of aromatic nitrogens is 3. The van der Waals surface area contributed by atoms with E-state index in [-0.39, 0.29) is 17.3 Å². The summed E-state index contributed by atoms with van der Waals surface area (Å²) in [5.41, 5.74) is 0.321. The van der Waals surface area contributed by atoms with Gasteiger partial charge in [-0.05, 0) is 12.1 Å². The minimum atomic E-state index is -0.849. The van der Waals surface area contributed by atoms with Crippen molar-refractivity contribution >= 4 is 16.6 Å². The van der Waals surface area contributed by atoms with Crippen LogP contribution in [0.1, 0.15) is 0 Å². The molecule has 4 rings (SSSR count). The van der Waals surface area contributed by atoms with Gasteiger partial charge >= 0.3 is 5.69 Å². The highest BCUT2D eigenvalue weighted by atomic mass is 16.6. The summed E-state index contributed by atoms with van der Waals surface area (Å²) in [6, 6.07) is 10.5. The van der Waals surface area contributed by atoms with Crippen LogP contribution in [0.25, 0.3) is 33.7 Å². The summed E-state index contributed by atoms with van der Waals surface area (Å²) >= 11 is 0. The molecule has 0 aliphatic carbocycles. The Morgan fingerprint density at radius 1 is 1.15 bits per heavy atom. The van der Waals surface area contributed by atoms with Gasteiger partial charge in [0.15, 0.2) is 11.9 Å². The number of hydrogen-bond acceptors (Lipinski definition) is 8. The van der Waals surface area contributed by atoms with Crippen LogP contribution in [0.4, 0.5) is 5.69 Å². The Hall–Kier alpha value is -4.21. The average molecular weight is 366 g/mol. The summed E-state index contributed by atoms with van der Waals surface area (Å²) in [4.78, 5) is 14.4. The Morgan fingerprint density at radius 3 is 2.70 bits per heavy atom. The molecular weight excluding hydrogens is 356 g/mol. The number of para-hydroxylation sites is 1. The number of phenolic OH excluding ortho intramolecular Hbond substituents is 2. The molecule has 0 amide bonds. The fourth-order valence-electron chi connectivity index (χ4n) is 2.72. The van der Waals surface area contributed by atoms with E-state index in [4.69, 9.17) is 4.52 Å². The van der Waals surface area contributed by atoms with Gasteiger partial charge in [0.2, 0.25) is 17.1 Å². The highest BCUT2D eigenvalue weighted by Gasteiger charge is 2.23. The zero-order chi connectivity index (χ0) is 19.1. The monoisotopic (exact) mass is 366 g/mol. The van der Waals surface area contributed by atoms with Gasteiger partial charge in [-0.1, -0.05) is 17.3 Å². The molecule has 0 bridgehead atoms. The van der Waals surface area contributed by atoms with Crippen molar-refractivity contribution in [1.82, 2.24) is 10.1 Å². The Kier molecular flexibility index (Phi) is 3.58. The molecule has 10 nitrogen and oxygen atoms in total. The fraction of sp³-hybridized carbons (Fsp3) is 0. The van der Waals surface area contributed by atoms with E-state index in [0.29, 0.717) is 21.2 Å². The molecule has 0 aliphatic rings. The van der Waals surface area contributed by atoms with Gasteiger partial charge < -0.3 is 19.9 Å². The van der Waals surface area contributed by atoms with E-state index in [1.54, 1.807) is 24.3 Å². The van der Waals surface area contributed by atoms with Crippen molar-refractivity contribution in [2.24, 2.45) is 0 Å². The lowest BCUT2D eigenvalue weighted by Gasteiger charge is -2.03. The molecule has 0 radical (unpaired) electrons. The molecule has 0 spiro atoms. The van der Waals surface area contributed by atoms with Gasteiger partial charge in [0.1, 0.15) is 0 Å². The van der Waals surface area contributed by atoms with Gasteiger partial charge in [0.05, 0.1) is 15.9 Å². The summed E-state index contributed by atoms with van der Waals surface area (Å²) in [6.07, 6.45) is 1.31. The van der Waals surface area contributed by atoms with E-state index in [1.165, 1.54) is 12.3 Å². The van der Waals surface area contributed by atoms with E-state index >= 15 is 0 Å². The molecule has 2 N–H and O–H groups in total. The van der Waals surface area contributed by atoms with E-state index in [2.05, 4.69) is 10.1 Å². The van der Waals surface area contributed by atoms with Crippen LogP contribution in [-0.2, 0) is 0 Å². The lowest BCUT2D eigenvalue weighted by molar-refractivity contribution is -0.576. The van der Waals surface area contributed by atoms with Gasteiger partial charge in [-0.25, -0.2) is 0 Å². The van der Waals surface area contributed by atoms with Crippen molar-refractivity contribution in [1.29, 1.82) is 0 Å². The summed E-state index contributed by atoms with van der Waals surface area (Å²) in [6.45, 7) is 0. The quantitative estimate of drug-likeness (QED) is 0.185. The van der Waals surface area contributed by atoms with Crippen molar-refractivity contribution in [2.45, 2.75) is 0 Å². The summed E-state index contributed by atoms with van der Waals surface area (Å²) in [5, 5.41) is 46.6. The summed E-state index contributed by atoms with van der Waals surface area (Å²) < 4.78 is 5.86. The molecule has 0 fully saturated rings. The molecule has 134 valence electrons. The van der Waals surface area contributed by atoms with Gasteiger partial charge in [-0.3, -0.25) is 10.1 Å². The van der Waals surface area contributed by atoms with Gasteiger partial charge in [0, 0.05) is 23.8 Å². The number of nitrogens with zero attached hydrogens (tertiary/aromatic N) is 4. The molecule has 0 saturated carbocycles. The number of aromatic hydroxyl groups is 2. The fourth-order valence-corrected chi connectivity index (χ4v) is 2.72. The number of nitro groups is 1. The number of phenols is 2. The number of hydrogen-bond donors (Lipinski definition) is 2. The highest BCUT2D eigenvalue weighted by Crippen LogP contribution is 2.39. The smallest absolute Gasteiger partial charge is 0.315 e. The van der Waals surface area contributed by atoms with Crippen LogP contribution >= 0.6 is 0 Å². The predicted molar refractivity (Wildman–Crippen MR) is 91.6 cm³/mol. The minimum absolute atomic E-state index is 0.0647. The molecule has 10 heteroatoms. The third-order valence-corrected chi connectivity index (χ3v) is 3.99. The zero-order valence-electron chi connectivity index (χ0n) is 13.4. The second kappa shape index (κ2) is 5.95. The maximum absolute atomic E-state index is 11.9. The van der Waals surface area contributed by atoms with Crippen LogP contribution < -0.4 is 4.73 Å². The number of rotatable bonds is 3. The van der Waals surface area contributed by atoms with Crippen molar-refractivity contribution in [3.8, 4) is 34.3 Å². The van der Waals surface area contributed by atoms with E-state index in [9.17, 15) is 25.5 Å². The minimum Gasteiger partial charge on any atom is -0.618 e. The second-order valence-electron chi connectivity index (χ2n) is 5.62. The summed E-state index contributed by atoms with van der Waals surface area (Å²) in [7, 11) is 0. The molecule has 4 aromatic rings. The molecule has 0 atom stereocenters. The van der Waals surface area contributed by atoms with Crippen molar-refractivity contribution in [3.63, 3.8) is 0 Å². The Labute approximate surface area is 150 Å². The first-order valence-electron chi connectivity index (χ1n) is 7.61. The third-order valence-electron chi connectivity index (χ3n) is 3.99. The van der Waals surface area contributed by atoms with Gasteiger partial charge in [-0.2, -0.15) is 9.71 Å². The van der Waals surface area contributed by atoms with Crippen LogP contribution in [0.5, 0.6) is 11.5 Å². The van der Waals surface area contributed by atoms with Crippen LogP contribution in [0, 0.1) is 15.3 Å². The van der Waals surface area contributed by atoms with Crippen molar-refractivity contribution < 1.29 is 24.4 Å². The standard InChI is InChI=1S/C17H10N4O6/c22-14-8-9(7-13(15(14)23)21(25)26)17-18-16(19-27-17)11-5-6-20(24)12-4-2-1-3-10(11)12/h1-8,22-23H. The molecule has 0 saturated heterocycles. The highest BCUT2D eigenvalue weighted by molar-refractivity contribution is 5.90. The van der Waals surface area contributed by atoms with Crippen LogP contribution in [0.15, 0.2) is 53.2 Å². The first-order chi connectivity index (χ1) is 13.0. The molecular formula is C17H10N4O6. The zero-order valence-corrected chi connectivity index (χ0v) is 13.4. The molecule has 2 aromatic heterocycles. The topological polar surface area (TPSA) is 149 Å². The molecule has 27 heavy (non-hydrogen) atoms. The molecule has 2 heterocycles. The number of pyridine rings is 1. The van der Waals surface area contributed by atoms with E-state index in [1.807, 2.05) is 0 Å². The third kappa shape index (κ3) is 2.65. The molecule has 0 unspecified atom stereocenters. The maximum Gasteiger partial charge on any atom is 0.315 e. The summed E-state index contributed by atoms with van der Waals surface area (Å²) in [5.74, 6) is -1.46. The Bertz CT molecular complexity index is 1200. The first-order valence-corrected chi connectivity index (χ1v) is 7.61. The lowest BCUT2D eigenvalue weighted by Crippen LogP contribution is -2.26. The van der Waals surface area contributed by atoms with Crippen molar-refractivity contribution in [2.75, 3.05) is 0 Å². The number of benzene rings is 2. The predicted octanol–water partition coefficient (Wildman–Crippen LogP) is 2.51. The lowest BCUT2D eigenvalue weighted by atomic mass is 10.1. The van der Waals surface area contributed by atoms with Gasteiger partial charge in [-0.15, -0.1) is 0 Å². The van der Waals surface area contributed by atoms with Crippen LogP contribution in [0.3, 0.4) is 0 Å². The van der Waals surface area contributed by atoms with Crippen LogP contribution in [0.2, 0.25) is 0 Å². The molecule has 2 aromatic carbocycles.